The second-order valence-corrected chi connectivity index (χ2v) is 9.26. The van der Waals surface area contributed by atoms with Gasteiger partial charge in [-0.25, -0.2) is 0 Å². The van der Waals surface area contributed by atoms with E-state index in [2.05, 4.69) is 47.6 Å². The minimum absolute atomic E-state index is 0.00393. The van der Waals surface area contributed by atoms with Crippen LogP contribution in [-0.4, -0.2) is 10.2 Å². The minimum atomic E-state index is 0.00393. The van der Waals surface area contributed by atoms with Crippen LogP contribution in [0.5, 0.6) is 11.5 Å². The molecule has 0 spiro atoms. The molecular formula is C25H42O2. The maximum Gasteiger partial charge on any atom is 0.119 e. The molecule has 0 heterocycles. The number of phenols is 2. The van der Waals surface area contributed by atoms with E-state index in [-0.39, 0.29) is 16.9 Å². The Hall–Kier alpha value is -1.44. The molecule has 154 valence electrons. The highest BCUT2D eigenvalue weighted by atomic mass is 16.3. The molecule has 1 atom stereocenters. The Balaban J connectivity index is 0.000000309. The summed E-state index contributed by atoms with van der Waals surface area (Å²) in [5, 5.41) is 19.0. The summed E-state index contributed by atoms with van der Waals surface area (Å²) in [6.45, 7) is 13.4. The zero-order valence-electron chi connectivity index (χ0n) is 18.5. The average Bonchev–Trinajstić information content (AvgIpc) is 2.59. The van der Waals surface area contributed by atoms with Gasteiger partial charge in [0, 0.05) is 6.07 Å². The van der Waals surface area contributed by atoms with Gasteiger partial charge in [0.05, 0.1) is 0 Å². The smallest absolute Gasteiger partial charge is 0.119 e. The van der Waals surface area contributed by atoms with Crippen LogP contribution in [0.1, 0.15) is 98.5 Å². The first-order valence-corrected chi connectivity index (χ1v) is 10.8. The Morgan fingerprint density at radius 2 is 1.67 bits per heavy atom. The minimum Gasteiger partial charge on any atom is -0.508 e. The van der Waals surface area contributed by atoms with Crippen LogP contribution in [0, 0.1) is 11.8 Å². The van der Waals surface area contributed by atoms with Gasteiger partial charge in [0.15, 0.2) is 0 Å². The van der Waals surface area contributed by atoms with Gasteiger partial charge in [0.1, 0.15) is 11.5 Å². The largest absolute Gasteiger partial charge is 0.508 e. The van der Waals surface area contributed by atoms with Crippen molar-refractivity contribution in [2.45, 2.75) is 98.3 Å². The highest BCUT2D eigenvalue weighted by Crippen LogP contribution is 2.34. The van der Waals surface area contributed by atoms with Crippen molar-refractivity contribution in [1.29, 1.82) is 0 Å². The van der Waals surface area contributed by atoms with Crippen molar-refractivity contribution >= 4 is 0 Å². The highest BCUT2D eigenvalue weighted by Gasteiger charge is 2.21. The summed E-state index contributed by atoms with van der Waals surface area (Å²) in [5.41, 5.74) is 2.60. The van der Waals surface area contributed by atoms with Crippen LogP contribution < -0.4 is 0 Å². The van der Waals surface area contributed by atoms with Gasteiger partial charge in [-0.3, -0.25) is 0 Å². The average molecular weight is 375 g/mol. The Bertz CT molecular complexity index is 564. The maximum atomic E-state index is 9.51. The normalized spacial score (nSPS) is 17.3. The first-order chi connectivity index (χ1) is 12.7. The van der Waals surface area contributed by atoms with Gasteiger partial charge in [0.2, 0.25) is 0 Å². The monoisotopic (exact) mass is 374 g/mol. The van der Waals surface area contributed by atoms with E-state index in [1.54, 1.807) is 17.7 Å². The fourth-order valence-corrected chi connectivity index (χ4v) is 3.71. The molecule has 0 saturated heterocycles. The second-order valence-electron chi connectivity index (χ2n) is 9.26. The van der Waals surface area contributed by atoms with Crippen molar-refractivity contribution in [2.75, 3.05) is 0 Å². The zero-order valence-corrected chi connectivity index (χ0v) is 18.5. The first kappa shape index (κ1) is 23.6. The summed E-state index contributed by atoms with van der Waals surface area (Å²) in [7, 11) is 0. The molecule has 0 aliphatic heterocycles. The number of allylic oxidation sites excluding steroid dienone is 2. The number of phenolic OH excluding ortho intramolecular Hbond substituents is 2. The lowest BCUT2D eigenvalue weighted by Gasteiger charge is -2.25. The molecule has 1 aliphatic carbocycles. The number of aromatic hydroxyl groups is 2. The SMILES string of the molecule is CC1=CC[C@H](C(C)C)CC1.CCCCCCC(C)(C)c1cc(O)cc(O)c1. The van der Waals surface area contributed by atoms with Crippen molar-refractivity contribution in [2.24, 2.45) is 11.8 Å². The van der Waals surface area contributed by atoms with Crippen LogP contribution in [-0.2, 0) is 5.41 Å². The molecule has 1 aromatic carbocycles. The summed E-state index contributed by atoms with van der Waals surface area (Å²) in [6, 6.07) is 4.87. The molecule has 0 saturated carbocycles. The van der Waals surface area contributed by atoms with Crippen LogP contribution in [0.15, 0.2) is 29.8 Å². The molecule has 27 heavy (non-hydrogen) atoms. The van der Waals surface area contributed by atoms with Gasteiger partial charge < -0.3 is 10.2 Å². The molecule has 1 aliphatic rings. The highest BCUT2D eigenvalue weighted by molar-refractivity contribution is 5.39. The van der Waals surface area contributed by atoms with Gasteiger partial charge in [-0.05, 0) is 67.6 Å². The Morgan fingerprint density at radius 1 is 1.04 bits per heavy atom. The third-order valence-corrected chi connectivity index (χ3v) is 5.96. The molecule has 1 aromatic rings. The summed E-state index contributed by atoms with van der Waals surface area (Å²) in [5.74, 6) is 2.12. The summed E-state index contributed by atoms with van der Waals surface area (Å²) in [4.78, 5) is 0. The molecule has 0 bridgehead atoms. The Labute approximate surface area is 167 Å². The van der Waals surface area contributed by atoms with Crippen LogP contribution in [0.4, 0.5) is 0 Å². The van der Waals surface area contributed by atoms with Crippen LogP contribution >= 0.6 is 0 Å². The lowest BCUT2D eigenvalue weighted by Crippen LogP contribution is -2.16. The zero-order chi connectivity index (χ0) is 20.4. The molecule has 0 fully saturated rings. The second kappa shape index (κ2) is 11.4. The molecule has 0 unspecified atom stereocenters. The summed E-state index contributed by atoms with van der Waals surface area (Å²) >= 11 is 0. The van der Waals surface area contributed by atoms with E-state index in [0.717, 1.165) is 23.8 Å². The van der Waals surface area contributed by atoms with Crippen molar-refractivity contribution in [3.8, 4) is 11.5 Å². The van der Waals surface area contributed by atoms with Crippen molar-refractivity contribution in [3.63, 3.8) is 0 Å². The van der Waals surface area contributed by atoms with E-state index in [9.17, 15) is 10.2 Å². The quantitative estimate of drug-likeness (QED) is 0.378. The van der Waals surface area contributed by atoms with E-state index >= 15 is 0 Å². The number of unbranched alkanes of at least 4 members (excludes halogenated alkanes) is 3. The third-order valence-electron chi connectivity index (χ3n) is 5.96. The lowest BCUT2D eigenvalue weighted by atomic mass is 9.80. The number of benzene rings is 1. The van der Waals surface area contributed by atoms with Crippen LogP contribution in [0.2, 0.25) is 0 Å². The Kier molecular flexibility index (Phi) is 9.98. The van der Waals surface area contributed by atoms with Crippen LogP contribution in [0.3, 0.4) is 0 Å². The van der Waals surface area contributed by atoms with E-state index in [1.807, 2.05) is 0 Å². The van der Waals surface area contributed by atoms with Gasteiger partial charge in [-0.1, -0.05) is 72.0 Å². The summed E-state index contributed by atoms with van der Waals surface area (Å²) in [6.07, 6.45) is 12.5. The lowest BCUT2D eigenvalue weighted by molar-refractivity contribution is 0.350. The van der Waals surface area contributed by atoms with E-state index in [4.69, 9.17) is 0 Å². The van der Waals surface area contributed by atoms with Crippen LogP contribution in [0.25, 0.3) is 0 Å². The van der Waals surface area contributed by atoms with Gasteiger partial charge in [0.25, 0.3) is 0 Å². The number of hydrogen-bond donors (Lipinski definition) is 2. The van der Waals surface area contributed by atoms with Gasteiger partial charge >= 0.3 is 0 Å². The first-order valence-electron chi connectivity index (χ1n) is 10.8. The van der Waals surface area contributed by atoms with E-state index in [0.29, 0.717) is 0 Å². The molecule has 2 N–H and O–H groups in total. The van der Waals surface area contributed by atoms with Crippen molar-refractivity contribution in [3.05, 3.63) is 35.4 Å². The van der Waals surface area contributed by atoms with Gasteiger partial charge in [-0.15, -0.1) is 0 Å². The van der Waals surface area contributed by atoms with Crippen molar-refractivity contribution in [1.82, 2.24) is 0 Å². The predicted octanol–water partition coefficient (Wildman–Crippen LogP) is 7.73. The molecule has 0 radical (unpaired) electrons. The van der Waals surface area contributed by atoms with E-state index < -0.39 is 0 Å². The standard InChI is InChI=1S/C15H24O2.C10H18/c1-4-5-6-7-8-15(2,3)12-9-13(16)11-14(17)10-12;1-8(2)10-6-4-9(3)5-7-10/h9-11,16-17H,4-8H2,1-3H3;4,8,10H,5-7H2,1-3H3/t;10-/m.0/s1. The molecule has 2 nitrogen and oxygen atoms in total. The van der Waals surface area contributed by atoms with Crippen molar-refractivity contribution < 1.29 is 10.2 Å². The topological polar surface area (TPSA) is 40.5 Å². The molecule has 2 heteroatoms. The Morgan fingerprint density at radius 3 is 2.15 bits per heavy atom. The fourth-order valence-electron chi connectivity index (χ4n) is 3.71. The predicted molar refractivity (Wildman–Crippen MR) is 117 cm³/mol. The number of hydrogen-bond acceptors (Lipinski definition) is 2. The molecule has 0 amide bonds. The maximum absolute atomic E-state index is 9.51. The third kappa shape index (κ3) is 8.86. The molecule has 2 rings (SSSR count). The fraction of sp³-hybridized carbons (Fsp3) is 0.680. The van der Waals surface area contributed by atoms with E-state index in [1.165, 1.54) is 51.0 Å². The molecule has 0 aromatic heterocycles. The number of rotatable bonds is 7. The summed E-state index contributed by atoms with van der Waals surface area (Å²) < 4.78 is 0. The molecular weight excluding hydrogens is 332 g/mol. The van der Waals surface area contributed by atoms with Gasteiger partial charge in [-0.2, -0.15) is 0 Å².